The lowest BCUT2D eigenvalue weighted by molar-refractivity contribution is -0.144. The Morgan fingerprint density at radius 3 is 0.702 bits per heavy atom. The lowest BCUT2D eigenvalue weighted by atomic mass is 9.97. The van der Waals surface area contributed by atoms with Gasteiger partial charge in [-0.2, -0.15) is 0 Å². The van der Waals surface area contributed by atoms with Gasteiger partial charge in [0, 0.05) is 19.3 Å². The van der Waals surface area contributed by atoms with Gasteiger partial charge in [0.1, 0.15) is 115 Å². The fourth-order valence-electron chi connectivity index (χ4n) is 12.2. The van der Waals surface area contributed by atoms with E-state index in [-0.39, 0.29) is 6.42 Å². The van der Waals surface area contributed by atoms with Crippen molar-refractivity contribution in [2.45, 2.75) is 280 Å². The number of nitrogens with one attached hydrogen (secondary N) is 19. The van der Waals surface area contributed by atoms with Crippen molar-refractivity contribution < 1.29 is 181 Å². The Bertz CT molecular complexity index is 4430. The summed E-state index contributed by atoms with van der Waals surface area (Å²) in [6, 6.07) is -39.0. The lowest BCUT2D eigenvalue weighted by Crippen LogP contribution is -2.63. The molecule has 0 saturated heterocycles. The number of primary amides is 5. The van der Waals surface area contributed by atoms with Crippen molar-refractivity contribution in [3.63, 3.8) is 0 Å². The first-order chi connectivity index (χ1) is 65.5. The maximum Gasteiger partial charge on any atom is 0.326 e. The van der Waals surface area contributed by atoms with Crippen molar-refractivity contribution in [1.82, 2.24) is 101 Å². The van der Waals surface area contributed by atoms with E-state index < -0.39 is 408 Å². The number of rotatable bonds is 67. The van der Waals surface area contributed by atoms with Gasteiger partial charge >= 0.3 is 11.9 Å². The van der Waals surface area contributed by atoms with Gasteiger partial charge in [0.2, 0.25) is 142 Å². The number of carboxylic acid groups (broad SMARTS) is 2. The van der Waals surface area contributed by atoms with Crippen LogP contribution in [0.3, 0.4) is 0 Å². The second-order valence-corrected chi connectivity index (χ2v) is 33.2. The van der Waals surface area contributed by atoms with Gasteiger partial charge < -0.3 is 192 Å². The molecule has 0 aromatic carbocycles. The molecule has 62 heteroatoms. The molecule has 0 bridgehead atoms. The van der Waals surface area contributed by atoms with Crippen LogP contribution in [0.15, 0.2) is 0 Å². The Labute approximate surface area is 804 Å². The number of aliphatic hydroxyl groups excluding tert-OH is 9. The predicted octanol–water partition coefficient (Wildman–Crippen LogP) is -20.9. The summed E-state index contributed by atoms with van der Waals surface area (Å²) in [5.41, 5.74) is 32.3. The van der Waals surface area contributed by atoms with Crippen LogP contribution in [0.1, 0.15) is 140 Å². The van der Waals surface area contributed by atoms with Crippen LogP contribution >= 0.6 is 0 Å². The normalized spacial score (nSPS) is 16.2. The predicted molar refractivity (Wildman–Crippen MR) is 475 cm³/mol. The number of carboxylic acids is 2. The van der Waals surface area contributed by atoms with Crippen molar-refractivity contribution in [2.75, 3.05) is 39.6 Å². The number of hydrogen-bond donors (Lipinski definition) is 36. The first kappa shape index (κ1) is 127. The van der Waals surface area contributed by atoms with Gasteiger partial charge in [0.15, 0.2) is 0 Å². The minimum atomic E-state index is -2.31. The van der Waals surface area contributed by atoms with Crippen LogP contribution in [0.2, 0.25) is 0 Å². The molecular weight excluding hydrogens is 1890 g/mol. The van der Waals surface area contributed by atoms with Crippen LogP contribution < -0.4 is 135 Å². The quantitative estimate of drug-likeness (QED) is 0.0269. The Balaban J connectivity index is 6.97. The first-order valence-electron chi connectivity index (χ1n) is 43.6. The molecule has 0 rings (SSSR count). The third-order valence-corrected chi connectivity index (χ3v) is 20.5. The molecule has 796 valence electrons. The van der Waals surface area contributed by atoms with Crippen molar-refractivity contribution in [3.05, 3.63) is 0 Å². The maximum atomic E-state index is 14.2. The van der Waals surface area contributed by atoms with E-state index >= 15 is 0 Å². The van der Waals surface area contributed by atoms with E-state index in [0.717, 1.165) is 27.7 Å². The maximum absolute atomic E-state index is 14.2. The second-order valence-electron chi connectivity index (χ2n) is 33.2. The van der Waals surface area contributed by atoms with Crippen molar-refractivity contribution in [3.8, 4) is 0 Å². The summed E-state index contributed by atoms with van der Waals surface area (Å²) in [6.07, 6.45) is -14.0. The highest BCUT2D eigenvalue weighted by Crippen LogP contribution is 2.15. The number of nitrogens with two attached hydrogens (primary N) is 6. The molecule has 0 saturated carbocycles. The molecule has 0 unspecified atom stereocenters. The van der Waals surface area contributed by atoms with Gasteiger partial charge in [0.25, 0.3) is 0 Å². The summed E-state index contributed by atoms with van der Waals surface area (Å²) in [7, 11) is 0. The number of carbonyl (C=O) groups is 26. The summed E-state index contributed by atoms with van der Waals surface area (Å²) in [4.78, 5) is 344. The van der Waals surface area contributed by atoms with Crippen LogP contribution in [0.5, 0.6) is 0 Å². The fourth-order valence-corrected chi connectivity index (χ4v) is 12.2. The third kappa shape index (κ3) is 45.1. The van der Waals surface area contributed by atoms with Crippen LogP contribution in [-0.4, -0.2) is 389 Å². The zero-order valence-electron chi connectivity index (χ0n) is 78.8. The van der Waals surface area contributed by atoms with E-state index in [0.29, 0.717) is 0 Å². The van der Waals surface area contributed by atoms with E-state index in [9.17, 15) is 181 Å². The summed E-state index contributed by atoms with van der Waals surface area (Å²) in [5, 5.41) is 152. The smallest absolute Gasteiger partial charge is 0.326 e. The molecule has 0 aliphatic carbocycles. The number of hydrogen-bond acceptors (Lipinski definition) is 36. The molecule has 0 aliphatic rings. The molecule has 0 fully saturated rings. The zero-order chi connectivity index (χ0) is 109. The van der Waals surface area contributed by atoms with Crippen LogP contribution in [-0.2, 0) is 125 Å². The second kappa shape index (κ2) is 62.7. The van der Waals surface area contributed by atoms with Crippen LogP contribution in [0, 0.1) is 17.8 Å². The molecule has 62 nitrogen and oxygen atoms in total. The van der Waals surface area contributed by atoms with Crippen molar-refractivity contribution in [2.24, 2.45) is 52.2 Å². The highest BCUT2D eigenvalue weighted by Gasteiger charge is 2.43. The zero-order valence-corrected chi connectivity index (χ0v) is 78.8. The highest BCUT2D eigenvalue weighted by atomic mass is 16.4. The Morgan fingerprint density at radius 2 is 0.440 bits per heavy atom. The van der Waals surface area contributed by atoms with Gasteiger partial charge in [-0.05, 0) is 71.6 Å². The van der Waals surface area contributed by atoms with E-state index in [1.54, 1.807) is 0 Å². The molecule has 0 heterocycles. The average Bonchev–Trinajstić information content (AvgIpc) is 0.839. The average molecular weight is 2030 g/mol. The molecule has 0 spiro atoms. The SMILES string of the molecule is CC[C@H](C)[C@H](NC(=O)[C@H](CCC(N)=O)NC(=O)[C@H](CO)NC(=O)[C@H](CO)NC(=O)[C@H](CO)NC(=O)[C@H](C)NC(=O)[C@H](CO)NC(=O)[C@@H](NC(=O)[C@H](C)N)[C@@H](C)O)C(=O)N[C@@H](CO)C(=O)N[C@@H](CCC(N)=O)C(=O)N[C@@H](CC(N)=O)C(=O)N[C@@H](CC(N)=O)C(=O)N[C@H](C(=O)N[C@@H](CCC(N)=O)C(=O)N[C@H](C(=O)N[C@@H](CO)C(=O)N[C@@H](CC(=O)O)C(=O)N[C@H](C(=O)N[C@H](C(=O)O)C(C)C)C(C)C)[C@@H](C)O)[C@@H](C)O. The topological polar surface area (TPSA) is 1050 Å². The monoisotopic (exact) mass is 2020 g/mol. The summed E-state index contributed by atoms with van der Waals surface area (Å²) in [6.45, 7) is 6.04. The number of aliphatic hydroxyl groups is 9. The van der Waals surface area contributed by atoms with Crippen LogP contribution in [0.4, 0.5) is 0 Å². The molecule has 0 aliphatic heterocycles. The van der Waals surface area contributed by atoms with Gasteiger partial charge in [-0.25, -0.2) is 4.79 Å². The molecule has 0 aromatic rings. The van der Waals surface area contributed by atoms with Crippen molar-refractivity contribution in [1.29, 1.82) is 0 Å². The Hall–Kier alpha value is -14.2. The minimum Gasteiger partial charge on any atom is -0.481 e. The lowest BCUT2D eigenvalue weighted by Gasteiger charge is -2.29. The Morgan fingerprint density at radius 1 is 0.234 bits per heavy atom. The molecule has 24 amide bonds. The van der Waals surface area contributed by atoms with Crippen molar-refractivity contribution >= 4 is 154 Å². The molecule has 0 radical (unpaired) electrons. The van der Waals surface area contributed by atoms with Gasteiger partial charge in [-0.3, -0.25) is 120 Å². The molecular formula is C79H133N25O37. The fraction of sp³-hybridized carbons (Fsp3) is 0.671. The number of carbonyl (C=O) groups excluding carboxylic acids is 24. The first-order valence-corrected chi connectivity index (χ1v) is 43.6. The highest BCUT2D eigenvalue weighted by molar-refractivity contribution is 6.04. The van der Waals surface area contributed by atoms with E-state index in [2.05, 4.69) is 53.2 Å². The third-order valence-electron chi connectivity index (χ3n) is 20.5. The molecule has 24 atom stereocenters. The van der Waals surface area contributed by atoms with E-state index in [1.807, 2.05) is 47.9 Å². The summed E-state index contributed by atoms with van der Waals surface area (Å²) >= 11 is 0. The minimum absolute atomic E-state index is 0.0135. The van der Waals surface area contributed by atoms with E-state index in [1.165, 1.54) is 48.5 Å². The van der Waals surface area contributed by atoms with E-state index in [4.69, 9.17) is 34.4 Å². The largest absolute Gasteiger partial charge is 0.481 e. The molecule has 0 aromatic heterocycles. The van der Waals surface area contributed by atoms with Gasteiger partial charge in [0.05, 0.1) is 83.3 Å². The number of amides is 24. The molecule has 141 heavy (non-hydrogen) atoms. The summed E-state index contributed by atoms with van der Waals surface area (Å²) in [5.74, 6) is -38.0. The van der Waals surface area contributed by atoms with Crippen LogP contribution in [0.25, 0.3) is 0 Å². The van der Waals surface area contributed by atoms with Gasteiger partial charge in [-0.1, -0.05) is 48.0 Å². The summed E-state index contributed by atoms with van der Waals surface area (Å²) < 4.78 is 0. The standard InChI is InChI=1S/C79H133N25O37/c1-12-30(6)56(101-63(124)37(14-17-49(82)115)88-69(130)44(24-107)94-73(134)45(25-108)95-72(133)43(23-106)93-61(122)32(8)86-68(129)42(22-105)97-77(138)57(33(9)111)102-60(121)31(7)80)75(136)96-46(26-109)70(131)87-36(13-16-48(81)114)62(123)90-39(19-51(84)117)65(126)91-40(20-52(85)118)66(127)104-58(34(10)112)76(137)89-38(15-18-50(83)116)64(125)103-59(35(11)113)78(139)98-47(27-110)71(132)92-41(21-53(119)120)67(128)99-54(28(2)3)74(135)100-55(29(4)5)79(140)141/h28-47,54-59,105-113H,12-27,80H2,1-11H3,(H2,81,114)(H2,82,115)(H2,83,116)(H2,84,117)(H2,85,118)(H,86,129)(H,87,131)(H,88,130)(H,89,137)(H,90,123)(H,91,126)(H,92,132)(H,93,122)(H,94,134)(H,95,133)(H,96,136)(H,97,138)(H,98,139)(H,99,128)(H,100,135)(H,101,124)(H,102,121)(H,103,125)(H,104,127)(H,119,120)(H,140,141)/t30-,31-,32-,33+,34+,35+,36-,37-,38-,39-,40-,41-,42-,43-,44-,45-,46-,47-,54-,55-,56-,57-,58-,59-/m0/s1. The number of aliphatic carboxylic acids is 2. The Kier molecular flexibility index (Phi) is 56.4. The van der Waals surface area contributed by atoms with Gasteiger partial charge in [-0.15, -0.1) is 0 Å². The molecule has 42 N–H and O–H groups in total.